The molecule has 100 valence electrons. The van der Waals surface area contributed by atoms with Crippen LogP contribution in [0.1, 0.15) is 51.1 Å². The Morgan fingerprint density at radius 2 is 2.00 bits per heavy atom. The van der Waals surface area contributed by atoms with Crippen LogP contribution in [0.2, 0.25) is 0 Å². The highest BCUT2D eigenvalue weighted by Gasteiger charge is 2.26. The Morgan fingerprint density at radius 1 is 1.28 bits per heavy atom. The van der Waals surface area contributed by atoms with Crippen molar-refractivity contribution in [2.45, 2.75) is 51.6 Å². The van der Waals surface area contributed by atoms with Crippen molar-refractivity contribution in [3.63, 3.8) is 0 Å². The van der Waals surface area contributed by atoms with E-state index < -0.39 is 0 Å². The van der Waals surface area contributed by atoms with Crippen LogP contribution in [-0.2, 0) is 0 Å². The number of aromatic hydroxyl groups is 1. The van der Waals surface area contributed by atoms with Gasteiger partial charge in [0.25, 0.3) is 0 Å². The van der Waals surface area contributed by atoms with Gasteiger partial charge in [-0.1, -0.05) is 38.0 Å². The van der Waals surface area contributed by atoms with Crippen molar-refractivity contribution < 1.29 is 5.11 Å². The molecule has 0 amide bonds. The molecule has 2 rings (SSSR count). The van der Waals surface area contributed by atoms with E-state index in [1.165, 1.54) is 25.7 Å². The van der Waals surface area contributed by atoms with Crippen LogP contribution in [0, 0.1) is 5.92 Å². The molecule has 2 heteroatoms. The normalized spacial score (nSPS) is 26.2. The van der Waals surface area contributed by atoms with Gasteiger partial charge in [-0.3, -0.25) is 4.90 Å². The van der Waals surface area contributed by atoms with E-state index in [0.29, 0.717) is 11.8 Å². The maximum atomic E-state index is 9.95. The largest absolute Gasteiger partial charge is 0.508 e. The Kier molecular flexibility index (Phi) is 4.28. The van der Waals surface area contributed by atoms with Crippen LogP contribution in [0.4, 0.5) is 0 Å². The van der Waals surface area contributed by atoms with Crippen molar-refractivity contribution in [1.82, 2.24) is 4.90 Å². The molecule has 1 aliphatic carbocycles. The Labute approximate surface area is 111 Å². The summed E-state index contributed by atoms with van der Waals surface area (Å²) in [6.07, 6.45) is 5.28. The highest BCUT2D eigenvalue weighted by molar-refractivity contribution is 5.34. The van der Waals surface area contributed by atoms with E-state index >= 15 is 0 Å². The van der Waals surface area contributed by atoms with Crippen molar-refractivity contribution in [1.29, 1.82) is 0 Å². The molecular weight excluding hydrogens is 222 g/mol. The highest BCUT2D eigenvalue weighted by atomic mass is 16.3. The van der Waals surface area contributed by atoms with Gasteiger partial charge in [0.1, 0.15) is 5.75 Å². The summed E-state index contributed by atoms with van der Waals surface area (Å²) in [5.41, 5.74) is 1.04. The Balaban J connectivity index is 2.08. The molecule has 0 radical (unpaired) electrons. The summed E-state index contributed by atoms with van der Waals surface area (Å²) in [6.45, 7) is 4.54. The zero-order chi connectivity index (χ0) is 13.1. The molecule has 0 aromatic heterocycles. The van der Waals surface area contributed by atoms with Gasteiger partial charge in [-0.2, -0.15) is 0 Å². The number of hydrogen-bond donors (Lipinski definition) is 1. The van der Waals surface area contributed by atoms with Crippen LogP contribution in [0.25, 0.3) is 0 Å². The smallest absolute Gasteiger partial charge is 0.120 e. The second-order valence-corrected chi connectivity index (χ2v) is 5.83. The van der Waals surface area contributed by atoms with Crippen molar-refractivity contribution >= 4 is 0 Å². The predicted octanol–water partition coefficient (Wildman–Crippen LogP) is 3.96. The summed E-state index contributed by atoms with van der Waals surface area (Å²) in [5, 5.41) is 9.95. The Morgan fingerprint density at radius 3 is 2.67 bits per heavy atom. The van der Waals surface area contributed by atoms with Crippen molar-refractivity contribution in [2.24, 2.45) is 5.92 Å². The number of benzene rings is 1. The van der Waals surface area contributed by atoms with E-state index in [9.17, 15) is 5.11 Å². The zero-order valence-corrected chi connectivity index (χ0v) is 11.8. The second kappa shape index (κ2) is 5.75. The van der Waals surface area contributed by atoms with Crippen LogP contribution in [-0.4, -0.2) is 23.1 Å². The topological polar surface area (TPSA) is 23.5 Å². The van der Waals surface area contributed by atoms with Gasteiger partial charge in [0.05, 0.1) is 0 Å². The van der Waals surface area contributed by atoms with Gasteiger partial charge in [0.15, 0.2) is 0 Å². The van der Waals surface area contributed by atoms with Gasteiger partial charge in [0, 0.05) is 17.6 Å². The number of nitrogens with zero attached hydrogens (tertiary/aromatic N) is 1. The predicted molar refractivity (Wildman–Crippen MR) is 75.7 cm³/mol. The molecule has 0 aliphatic heterocycles. The molecule has 0 bridgehead atoms. The molecule has 18 heavy (non-hydrogen) atoms. The molecule has 0 saturated heterocycles. The lowest BCUT2D eigenvalue weighted by Crippen LogP contribution is -2.37. The summed E-state index contributed by atoms with van der Waals surface area (Å²) in [4.78, 5) is 2.44. The monoisotopic (exact) mass is 247 g/mol. The standard InChI is InChI=1S/C16H25NO/c1-12-7-6-8-14(11-12)17(3)13(2)15-9-4-5-10-16(15)18/h4-5,9-10,12-14,18H,6-8,11H2,1-3H3. The first-order valence-electron chi connectivity index (χ1n) is 7.09. The molecule has 1 aromatic carbocycles. The first kappa shape index (κ1) is 13.4. The summed E-state index contributed by atoms with van der Waals surface area (Å²) >= 11 is 0. The molecule has 0 spiro atoms. The lowest BCUT2D eigenvalue weighted by Gasteiger charge is -2.38. The van der Waals surface area contributed by atoms with E-state index in [0.717, 1.165) is 11.5 Å². The summed E-state index contributed by atoms with van der Waals surface area (Å²) in [7, 11) is 2.19. The van der Waals surface area contributed by atoms with Crippen LogP contribution in [0.15, 0.2) is 24.3 Å². The molecule has 2 nitrogen and oxygen atoms in total. The first-order chi connectivity index (χ1) is 8.59. The number of phenols is 1. The minimum atomic E-state index is 0.279. The minimum Gasteiger partial charge on any atom is -0.508 e. The average molecular weight is 247 g/mol. The molecule has 1 aliphatic rings. The molecule has 0 heterocycles. The molecule has 1 N–H and O–H groups in total. The quantitative estimate of drug-likeness (QED) is 0.873. The lowest BCUT2D eigenvalue weighted by molar-refractivity contribution is 0.124. The SMILES string of the molecule is CC1CCCC(N(C)C(C)c2ccccc2O)C1. The lowest BCUT2D eigenvalue weighted by atomic mass is 9.85. The maximum absolute atomic E-state index is 9.95. The number of rotatable bonds is 3. The first-order valence-corrected chi connectivity index (χ1v) is 7.09. The average Bonchev–Trinajstić information content (AvgIpc) is 2.37. The summed E-state index contributed by atoms with van der Waals surface area (Å²) in [6, 6.07) is 8.63. The maximum Gasteiger partial charge on any atom is 0.120 e. The van der Waals surface area contributed by atoms with Crippen molar-refractivity contribution in [3.8, 4) is 5.75 Å². The van der Waals surface area contributed by atoms with E-state index in [1.54, 1.807) is 6.07 Å². The van der Waals surface area contributed by atoms with Crippen LogP contribution in [0.3, 0.4) is 0 Å². The van der Waals surface area contributed by atoms with Crippen LogP contribution < -0.4 is 0 Å². The Bertz CT molecular complexity index is 390. The van der Waals surface area contributed by atoms with Gasteiger partial charge < -0.3 is 5.11 Å². The van der Waals surface area contributed by atoms with E-state index in [2.05, 4.69) is 25.8 Å². The second-order valence-electron chi connectivity index (χ2n) is 5.83. The highest BCUT2D eigenvalue weighted by Crippen LogP contribution is 2.33. The van der Waals surface area contributed by atoms with Crippen LogP contribution in [0.5, 0.6) is 5.75 Å². The van der Waals surface area contributed by atoms with E-state index in [4.69, 9.17) is 0 Å². The molecule has 3 atom stereocenters. The fourth-order valence-electron chi connectivity index (χ4n) is 3.15. The summed E-state index contributed by atoms with van der Waals surface area (Å²) in [5.74, 6) is 1.25. The number of phenolic OH excluding ortho intramolecular Hbond substituents is 1. The summed E-state index contributed by atoms with van der Waals surface area (Å²) < 4.78 is 0. The third-order valence-electron chi connectivity index (χ3n) is 4.48. The van der Waals surface area contributed by atoms with Gasteiger partial charge in [-0.25, -0.2) is 0 Å². The van der Waals surface area contributed by atoms with Crippen molar-refractivity contribution in [3.05, 3.63) is 29.8 Å². The van der Waals surface area contributed by atoms with Crippen LogP contribution >= 0.6 is 0 Å². The fourth-order valence-corrected chi connectivity index (χ4v) is 3.15. The molecular formula is C16H25NO. The van der Waals surface area contributed by atoms with E-state index in [-0.39, 0.29) is 6.04 Å². The Hall–Kier alpha value is -1.02. The van der Waals surface area contributed by atoms with Gasteiger partial charge in [0.2, 0.25) is 0 Å². The van der Waals surface area contributed by atoms with Gasteiger partial charge in [-0.05, 0) is 38.8 Å². The third-order valence-corrected chi connectivity index (χ3v) is 4.48. The molecule has 1 saturated carbocycles. The molecule has 1 fully saturated rings. The fraction of sp³-hybridized carbons (Fsp3) is 0.625. The third kappa shape index (κ3) is 2.86. The van der Waals surface area contributed by atoms with E-state index in [1.807, 2.05) is 18.2 Å². The van der Waals surface area contributed by atoms with Crippen molar-refractivity contribution in [2.75, 3.05) is 7.05 Å². The number of para-hydroxylation sites is 1. The molecule has 3 unspecified atom stereocenters. The number of hydrogen-bond acceptors (Lipinski definition) is 2. The molecule has 1 aromatic rings. The van der Waals surface area contributed by atoms with Gasteiger partial charge >= 0.3 is 0 Å². The van der Waals surface area contributed by atoms with Gasteiger partial charge in [-0.15, -0.1) is 0 Å². The minimum absolute atomic E-state index is 0.279. The zero-order valence-electron chi connectivity index (χ0n) is 11.8.